The first-order valence-corrected chi connectivity index (χ1v) is 6.27. The third kappa shape index (κ3) is 6.00. The monoisotopic (exact) mass is 244 g/mol. The highest BCUT2D eigenvalue weighted by Gasteiger charge is 2.18. The Labute approximate surface area is 103 Å². The molecule has 1 N–H and O–H groups in total. The number of carbonyl (C=O) groups excluding carboxylic acids is 1. The lowest BCUT2D eigenvalue weighted by molar-refractivity contribution is -0.141. The summed E-state index contributed by atoms with van der Waals surface area (Å²) in [4.78, 5) is 13.4. The van der Waals surface area contributed by atoms with E-state index in [4.69, 9.17) is 4.74 Å². The number of nitrogens with zero attached hydrogens (tertiary/aromatic N) is 1. The average molecular weight is 244 g/mol. The standard InChI is InChI=1S/C12H24N2O3/c1-16-9-8-14(7-5-12(15)17-2)10-11-4-3-6-13-11/h11,13H,3-10H2,1-2H3. The second-order valence-corrected chi connectivity index (χ2v) is 4.41. The molecule has 1 unspecified atom stereocenters. The number of nitrogens with one attached hydrogen (secondary N) is 1. The van der Waals surface area contributed by atoms with Crippen molar-refractivity contribution in [2.75, 3.05) is 47.0 Å². The van der Waals surface area contributed by atoms with Crippen LogP contribution in [0.15, 0.2) is 0 Å². The van der Waals surface area contributed by atoms with Crippen LogP contribution < -0.4 is 5.32 Å². The largest absolute Gasteiger partial charge is 0.469 e. The summed E-state index contributed by atoms with van der Waals surface area (Å²) in [6, 6.07) is 0.560. The second-order valence-electron chi connectivity index (χ2n) is 4.41. The molecular weight excluding hydrogens is 220 g/mol. The van der Waals surface area contributed by atoms with Crippen LogP contribution in [-0.4, -0.2) is 63.9 Å². The fourth-order valence-corrected chi connectivity index (χ4v) is 2.09. The second kappa shape index (κ2) is 8.44. The minimum Gasteiger partial charge on any atom is -0.469 e. The van der Waals surface area contributed by atoms with Gasteiger partial charge >= 0.3 is 5.97 Å². The fourth-order valence-electron chi connectivity index (χ4n) is 2.09. The van der Waals surface area contributed by atoms with Crippen LogP contribution >= 0.6 is 0 Å². The van der Waals surface area contributed by atoms with Gasteiger partial charge in [-0.2, -0.15) is 0 Å². The van der Waals surface area contributed by atoms with Crippen LogP contribution in [-0.2, 0) is 14.3 Å². The number of carbonyl (C=O) groups is 1. The van der Waals surface area contributed by atoms with Crippen LogP contribution in [0.3, 0.4) is 0 Å². The number of esters is 1. The minimum atomic E-state index is -0.146. The summed E-state index contributed by atoms with van der Waals surface area (Å²) in [6.45, 7) is 4.41. The van der Waals surface area contributed by atoms with Crippen LogP contribution in [0, 0.1) is 0 Å². The van der Waals surface area contributed by atoms with Crippen molar-refractivity contribution in [3.05, 3.63) is 0 Å². The van der Waals surface area contributed by atoms with Gasteiger partial charge in [0.25, 0.3) is 0 Å². The predicted molar refractivity (Wildman–Crippen MR) is 66.0 cm³/mol. The molecule has 0 amide bonds. The van der Waals surface area contributed by atoms with Gasteiger partial charge in [0.1, 0.15) is 0 Å². The van der Waals surface area contributed by atoms with Gasteiger partial charge in [0.15, 0.2) is 0 Å². The maximum Gasteiger partial charge on any atom is 0.306 e. The molecule has 17 heavy (non-hydrogen) atoms. The Morgan fingerprint density at radius 1 is 1.41 bits per heavy atom. The molecular formula is C12H24N2O3. The summed E-state index contributed by atoms with van der Waals surface area (Å²) >= 11 is 0. The van der Waals surface area contributed by atoms with Crippen molar-refractivity contribution < 1.29 is 14.3 Å². The molecule has 1 saturated heterocycles. The van der Waals surface area contributed by atoms with E-state index in [0.717, 1.165) is 26.2 Å². The van der Waals surface area contributed by atoms with Gasteiger partial charge < -0.3 is 14.8 Å². The van der Waals surface area contributed by atoms with Crippen LogP contribution in [0.25, 0.3) is 0 Å². The van der Waals surface area contributed by atoms with E-state index in [1.54, 1.807) is 7.11 Å². The van der Waals surface area contributed by atoms with Crippen LogP contribution in [0.1, 0.15) is 19.3 Å². The Balaban J connectivity index is 2.27. The molecule has 0 aliphatic carbocycles. The topological polar surface area (TPSA) is 50.8 Å². The number of ether oxygens (including phenoxy) is 2. The van der Waals surface area contributed by atoms with Crippen molar-refractivity contribution in [1.29, 1.82) is 0 Å². The predicted octanol–water partition coefficient (Wildman–Crippen LogP) is 0.250. The molecule has 1 fully saturated rings. The van der Waals surface area contributed by atoms with Gasteiger partial charge in [0.05, 0.1) is 20.1 Å². The molecule has 0 radical (unpaired) electrons. The Morgan fingerprint density at radius 3 is 2.82 bits per heavy atom. The molecule has 0 bridgehead atoms. The van der Waals surface area contributed by atoms with Crippen molar-refractivity contribution in [3.8, 4) is 0 Å². The van der Waals surface area contributed by atoms with E-state index >= 15 is 0 Å². The Morgan fingerprint density at radius 2 is 2.24 bits per heavy atom. The average Bonchev–Trinajstić information content (AvgIpc) is 2.84. The summed E-state index contributed by atoms with van der Waals surface area (Å²) in [6.07, 6.45) is 2.93. The molecule has 0 saturated carbocycles. The molecule has 0 aromatic carbocycles. The molecule has 1 aliphatic heterocycles. The van der Waals surface area contributed by atoms with Gasteiger partial charge in [-0.1, -0.05) is 0 Å². The van der Waals surface area contributed by atoms with Gasteiger partial charge in [0, 0.05) is 32.8 Å². The zero-order valence-corrected chi connectivity index (χ0v) is 10.9. The van der Waals surface area contributed by atoms with Crippen molar-refractivity contribution in [3.63, 3.8) is 0 Å². The van der Waals surface area contributed by atoms with E-state index in [0.29, 0.717) is 19.1 Å². The van der Waals surface area contributed by atoms with E-state index in [2.05, 4.69) is 15.0 Å². The quantitative estimate of drug-likeness (QED) is 0.620. The lowest BCUT2D eigenvalue weighted by Gasteiger charge is -2.24. The van der Waals surface area contributed by atoms with E-state index in [1.807, 2.05) is 0 Å². The zero-order valence-electron chi connectivity index (χ0n) is 10.9. The normalized spacial score (nSPS) is 19.8. The van der Waals surface area contributed by atoms with Crippen LogP contribution in [0.4, 0.5) is 0 Å². The van der Waals surface area contributed by atoms with Crippen molar-refractivity contribution in [2.45, 2.75) is 25.3 Å². The first-order valence-electron chi connectivity index (χ1n) is 6.27. The highest BCUT2D eigenvalue weighted by Crippen LogP contribution is 2.07. The third-order valence-electron chi connectivity index (χ3n) is 3.11. The summed E-state index contributed by atoms with van der Waals surface area (Å²) in [5, 5.41) is 3.47. The van der Waals surface area contributed by atoms with Crippen molar-refractivity contribution in [1.82, 2.24) is 10.2 Å². The zero-order chi connectivity index (χ0) is 12.5. The molecule has 0 aromatic rings. The summed E-state index contributed by atoms with van der Waals surface area (Å²) in [7, 11) is 3.13. The van der Waals surface area contributed by atoms with E-state index in [1.165, 1.54) is 20.0 Å². The number of methoxy groups -OCH3 is 2. The molecule has 1 heterocycles. The third-order valence-corrected chi connectivity index (χ3v) is 3.11. The SMILES string of the molecule is COCCN(CCC(=O)OC)CC1CCCN1. The molecule has 5 nitrogen and oxygen atoms in total. The van der Waals surface area contributed by atoms with E-state index in [-0.39, 0.29) is 5.97 Å². The maximum absolute atomic E-state index is 11.1. The van der Waals surface area contributed by atoms with Gasteiger partial charge in [-0.05, 0) is 19.4 Å². The lowest BCUT2D eigenvalue weighted by Crippen LogP contribution is -2.40. The molecule has 0 spiro atoms. The number of rotatable bonds is 8. The highest BCUT2D eigenvalue weighted by atomic mass is 16.5. The van der Waals surface area contributed by atoms with Crippen LogP contribution in [0.5, 0.6) is 0 Å². The van der Waals surface area contributed by atoms with E-state index < -0.39 is 0 Å². The van der Waals surface area contributed by atoms with Gasteiger partial charge in [-0.15, -0.1) is 0 Å². The fraction of sp³-hybridized carbons (Fsp3) is 0.917. The summed E-state index contributed by atoms with van der Waals surface area (Å²) in [5.74, 6) is -0.146. The van der Waals surface area contributed by atoms with Crippen molar-refractivity contribution >= 4 is 5.97 Å². The Bertz CT molecular complexity index is 218. The first kappa shape index (κ1) is 14.4. The summed E-state index contributed by atoms with van der Waals surface area (Å²) < 4.78 is 9.75. The first-order chi connectivity index (χ1) is 8.26. The van der Waals surface area contributed by atoms with Gasteiger partial charge in [0.2, 0.25) is 0 Å². The lowest BCUT2D eigenvalue weighted by atomic mass is 10.2. The molecule has 1 atom stereocenters. The molecule has 1 aliphatic rings. The molecule has 1 rings (SSSR count). The highest BCUT2D eigenvalue weighted by molar-refractivity contribution is 5.69. The Kier molecular flexibility index (Phi) is 7.16. The minimum absolute atomic E-state index is 0.146. The molecule has 100 valence electrons. The van der Waals surface area contributed by atoms with Crippen LogP contribution in [0.2, 0.25) is 0 Å². The van der Waals surface area contributed by atoms with Crippen molar-refractivity contribution in [2.24, 2.45) is 0 Å². The smallest absolute Gasteiger partial charge is 0.306 e. The van der Waals surface area contributed by atoms with E-state index in [9.17, 15) is 4.79 Å². The molecule has 0 aromatic heterocycles. The molecule has 5 heteroatoms. The maximum atomic E-state index is 11.1. The number of hydrogen-bond donors (Lipinski definition) is 1. The van der Waals surface area contributed by atoms with Gasteiger partial charge in [-0.25, -0.2) is 0 Å². The summed E-state index contributed by atoms with van der Waals surface area (Å²) in [5.41, 5.74) is 0. The Hall–Kier alpha value is -0.650. The number of hydrogen-bond acceptors (Lipinski definition) is 5. The van der Waals surface area contributed by atoms with Gasteiger partial charge in [-0.3, -0.25) is 9.69 Å².